The average molecular weight is 273 g/mol. The number of amides is 1. The van der Waals surface area contributed by atoms with Gasteiger partial charge in [-0.3, -0.25) is 4.79 Å². The molecule has 15 heavy (non-hydrogen) atoms. The number of aryl methyl sites for hydroxylation is 1. The zero-order valence-corrected chi connectivity index (χ0v) is 10.2. The van der Waals surface area contributed by atoms with E-state index in [2.05, 4.69) is 31.2 Å². The highest BCUT2D eigenvalue weighted by atomic mass is 79.9. The van der Waals surface area contributed by atoms with Crippen LogP contribution in [0.25, 0.3) is 0 Å². The molecule has 0 aliphatic carbocycles. The SMILES string of the molecule is CCc1nc(Br)cc(NC(C)C(N)=O)n1. The minimum Gasteiger partial charge on any atom is -0.368 e. The number of carbonyl (C=O) groups excluding carboxylic acids is 1. The standard InChI is InChI=1S/C9H13BrN4O/c1-3-7-13-6(10)4-8(14-7)12-5(2)9(11)15/h4-5H,3H2,1-2H3,(H2,11,15)(H,12,13,14). The molecule has 1 aromatic rings. The number of hydrogen-bond donors (Lipinski definition) is 2. The fraction of sp³-hybridized carbons (Fsp3) is 0.444. The van der Waals surface area contributed by atoms with Crippen molar-refractivity contribution in [3.05, 3.63) is 16.5 Å². The highest BCUT2D eigenvalue weighted by molar-refractivity contribution is 9.10. The van der Waals surface area contributed by atoms with Crippen LogP contribution in [0, 0.1) is 0 Å². The van der Waals surface area contributed by atoms with Crippen LogP contribution in [0.1, 0.15) is 19.7 Å². The lowest BCUT2D eigenvalue weighted by Crippen LogP contribution is -2.32. The van der Waals surface area contributed by atoms with Crippen molar-refractivity contribution in [2.45, 2.75) is 26.3 Å². The number of anilines is 1. The van der Waals surface area contributed by atoms with Gasteiger partial charge in [0.05, 0.1) is 0 Å². The molecule has 1 unspecified atom stereocenters. The van der Waals surface area contributed by atoms with Crippen LogP contribution in [0.2, 0.25) is 0 Å². The Balaban J connectivity index is 2.85. The fourth-order valence-electron chi connectivity index (χ4n) is 0.990. The third-order valence-electron chi connectivity index (χ3n) is 1.85. The van der Waals surface area contributed by atoms with Crippen LogP contribution in [-0.4, -0.2) is 21.9 Å². The van der Waals surface area contributed by atoms with Gasteiger partial charge in [0.1, 0.15) is 22.3 Å². The molecule has 0 aliphatic heterocycles. The lowest BCUT2D eigenvalue weighted by atomic mass is 10.3. The highest BCUT2D eigenvalue weighted by Crippen LogP contribution is 2.13. The maximum absolute atomic E-state index is 10.8. The van der Waals surface area contributed by atoms with Crippen molar-refractivity contribution in [2.24, 2.45) is 5.73 Å². The molecule has 5 nitrogen and oxygen atoms in total. The molecule has 0 radical (unpaired) electrons. The molecule has 0 aliphatic rings. The van der Waals surface area contributed by atoms with Crippen LogP contribution in [0.4, 0.5) is 5.82 Å². The lowest BCUT2D eigenvalue weighted by Gasteiger charge is -2.11. The largest absolute Gasteiger partial charge is 0.368 e. The van der Waals surface area contributed by atoms with E-state index in [9.17, 15) is 4.79 Å². The Morgan fingerprint density at radius 2 is 2.33 bits per heavy atom. The number of rotatable bonds is 4. The van der Waals surface area contributed by atoms with Crippen molar-refractivity contribution < 1.29 is 4.79 Å². The van der Waals surface area contributed by atoms with Crippen molar-refractivity contribution in [3.63, 3.8) is 0 Å². The first-order chi connectivity index (χ1) is 7.02. The number of carbonyl (C=O) groups is 1. The third-order valence-corrected chi connectivity index (χ3v) is 2.25. The second-order valence-electron chi connectivity index (χ2n) is 3.11. The summed E-state index contributed by atoms with van der Waals surface area (Å²) in [5.41, 5.74) is 5.14. The first-order valence-electron chi connectivity index (χ1n) is 4.62. The first-order valence-corrected chi connectivity index (χ1v) is 5.41. The smallest absolute Gasteiger partial charge is 0.239 e. The molecule has 3 N–H and O–H groups in total. The number of halogens is 1. The van der Waals surface area contributed by atoms with Crippen LogP contribution in [-0.2, 0) is 11.2 Å². The molecular weight excluding hydrogens is 260 g/mol. The number of nitrogens with one attached hydrogen (secondary N) is 1. The summed E-state index contributed by atoms with van der Waals surface area (Å²) in [5, 5.41) is 2.90. The summed E-state index contributed by atoms with van der Waals surface area (Å²) in [6, 6.07) is 1.26. The molecule has 0 aromatic carbocycles. The minimum absolute atomic E-state index is 0.414. The zero-order chi connectivity index (χ0) is 11.4. The maximum Gasteiger partial charge on any atom is 0.239 e. The number of nitrogens with zero attached hydrogens (tertiary/aromatic N) is 2. The van der Waals surface area contributed by atoms with E-state index < -0.39 is 11.9 Å². The van der Waals surface area contributed by atoms with E-state index >= 15 is 0 Å². The van der Waals surface area contributed by atoms with E-state index in [1.165, 1.54) is 0 Å². The number of aromatic nitrogens is 2. The van der Waals surface area contributed by atoms with Gasteiger partial charge in [-0.2, -0.15) is 0 Å². The van der Waals surface area contributed by atoms with Crippen molar-refractivity contribution in [3.8, 4) is 0 Å². The third kappa shape index (κ3) is 3.47. The van der Waals surface area contributed by atoms with Gasteiger partial charge >= 0.3 is 0 Å². The second-order valence-corrected chi connectivity index (χ2v) is 3.93. The van der Waals surface area contributed by atoms with Crippen molar-refractivity contribution in [2.75, 3.05) is 5.32 Å². The molecule has 1 rings (SSSR count). The summed E-state index contributed by atoms with van der Waals surface area (Å²) in [6.45, 7) is 3.65. The molecule has 1 heterocycles. The van der Waals surface area contributed by atoms with E-state index in [-0.39, 0.29) is 0 Å². The lowest BCUT2D eigenvalue weighted by molar-refractivity contribution is -0.118. The van der Waals surface area contributed by atoms with Crippen molar-refractivity contribution in [1.29, 1.82) is 0 Å². The van der Waals surface area contributed by atoms with Crippen LogP contribution < -0.4 is 11.1 Å². The Kier molecular flexibility index (Phi) is 4.02. The van der Waals surface area contributed by atoms with Gasteiger partial charge in [0.25, 0.3) is 0 Å². The van der Waals surface area contributed by atoms with Gasteiger partial charge < -0.3 is 11.1 Å². The quantitative estimate of drug-likeness (QED) is 0.804. The fourth-order valence-corrected chi connectivity index (χ4v) is 1.41. The topological polar surface area (TPSA) is 80.9 Å². The minimum atomic E-state index is -0.448. The zero-order valence-electron chi connectivity index (χ0n) is 8.62. The first kappa shape index (κ1) is 11.9. The normalized spacial score (nSPS) is 12.2. The Hall–Kier alpha value is -1.17. The van der Waals surface area contributed by atoms with Crippen molar-refractivity contribution in [1.82, 2.24) is 9.97 Å². The number of hydrogen-bond acceptors (Lipinski definition) is 4. The summed E-state index contributed by atoms with van der Waals surface area (Å²) < 4.78 is 0.688. The van der Waals surface area contributed by atoms with Crippen LogP contribution in [0.3, 0.4) is 0 Å². The van der Waals surface area contributed by atoms with Gasteiger partial charge in [0.15, 0.2) is 0 Å². The van der Waals surface area contributed by atoms with Gasteiger partial charge in [-0.25, -0.2) is 9.97 Å². The molecule has 6 heteroatoms. The van der Waals surface area contributed by atoms with Gasteiger partial charge in [-0.05, 0) is 22.9 Å². The Morgan fingerprint density at radius 3 is 2.87 bits per heavy atom. The second kappa shape index (κ2) is 5.06. The van der Waals surface area contributed by atoms with E-state index in [0.717, 1.165) is 6.42 Å². The summed E-state index contributed by atoms with van der Waals surface area (Å²) >= 11 is 3.27. The van der Waals surface area contributed by atoms with Crippen LogP contribution >= 0.6 is 15.9 Å². The van der Waals surface area contributed by atoms with Gasteiger partial charge in [-0.15, -0.1) is 0 Å². The summed E-state index contributed by atoms with van der Waals surface area (Å²) in [6.07, 6.45) is 0.735. The highest BCUT2D eigenvalue weighted by Gasteiger charge is 2.09. The molecule has 0 saturated carbocycles. The number of primary amides is 1. The molecule has 1 atom stereocenters. The van der Waals surface area contributed by atoms with Crippen LogP contribution in [0.15, 0.2) is 10.7 Å². The van der Waals surface area contributed by atoms with E-state index in [4.69, 9.17) is 5.73 Å². The van der Waals surface area contributed by atoms with Gasteiger partial charge in [0, 0.05) is 12.5 Å². The van der Waals surface area contributed by atoms with Crippen molar-refractivity contribution >= 4 is 27.7 Å². The van der Waals surface area contributed by atoms with Gasteiger partial charge in [-0.1, -0.05) is 6.92 Å². The predicted octanol–water partition coefficient (Wildman–Crippen LogP) is 1.09. The summed E-state index contributed by atoms with van der Waals surface area (Å²) in [7, 11) is 0. The Bertz CT molecular complexity index is 369. The van der Waals surface area contributed by atoms with E-state index in [1.807, 2.05) is 6.92 Å². The Labute approximate surface area is 96.6 Å². The summed E-state index contributed by atoms with van der Waals surface area (Å²) in [5.74, 6) is 0.895. The van der Waals surface area contributed by atoms with E-state index in [0.29, 0.717) is 16.2 Å². The maximum atomic E-state index is 10.8. The van der Waals surface area contributed by atoms with E-state index in [1.54, 1.807) is 13.0 Å². The molecule has 1 amide bonds. The monoisotopic (exact) mass is 272 g/mol. The number of nitrogens with two attached hydrogens (primary N) is 1. The molecular formula is C9H13BrN4O. The Morgan fingerprint density at radius 1 is 1.67 bits per heavy atom. The molecule has 0 saturated heterocycles. The average Bonchev–Trinajstić information content (AvgIpc) is 2.16. The predicted molar refractivity (Wildman–Crippen MR) is 61.4 cm³/mol. The molecule has 1 aromatic heterocycles. The van der Waals surface area contributed by atoms with Crippen LogP contribution in [0.5, 0.6) is 0 Å². The molecule has 0 spiro atoms. The van der Waals surface area contributed by atoms with Gasteiger partial charge in [0.2, 0.25) is 5.91 Å². The summed E-state index contributed by atoms with van der Waals surface area (Å²) in [4.78, 5) is 19.2. The molecule has 0 bridgehead atoms. The molecule has 0 fully saturated rings. The molecule has 82 valence electrons.